The second kappa shape index (κ2) is 10.0. The van der Waals surface area contributed by atoms with Gasteiger partial charge in [-0.05, 0) is 35.4 Å². The molecule has 2 aromatic rings. The van der Waals surface area contributed by atoms with Gasteiger partial charge in [0.05, 0.1) is 4.90 Å². The molecule has 2 rings (SSSR count). The van der Waals surface area contributed by atoms with E-state index in [-0.39, 0.29) is 17.3 Å². The molecule has 8 nitrogen and oxygen atoms in total. The van der Waals surface area contributed by atoms with Crippen molar-refractivity contribution in [3.63, 3.8) is 0 Å². The van der Waals surface area contributed by atoms with Crippen molar-refractivity contribution in [1.82, 2.24) is 14.9 Å². The molecule has 4 N–H and O–H groups in total. The van der Waals surface area contributed by atoms with E-state index in [2.05, 4.69) is 10.6 Å². The summed E-state index contributed by atoms with van der Waals surface area (Å²) in [7, 11) is -3.49. The standard InChI is InChI=1S/C20H26N4O4S/c1-3-24(4-2)29(27,28)18-11-7-16(8-12-18)13-22-19(25)17-9-5-15(6-10-17)14-23-20(21)26/h5-12H,3-4,13-14H2,1-2H3,(H,22,25)(H3,21,23,26). The topological polar surface area (TPSA) is 122 Å². The third-order valence-electron chi connectivity index (χ3n) is 4.40. The number of benzene rings is 2. The highest BCUT2D eigenvalue weighted by Gasteiger charge is 2.21. The fourth-order valence-electron chi connectivity index (χ4n) is 2.74. The Balaban J connectivity index is 1.96. The van der Waals surface area contributed by atoms with Crippen molar-refractivity contribution in [2.75, 3.05) is 13.1 Å². The van der Waals surface area contributed by atoms with E-state index < -0.39 is 16.1 Å². The lowest BCUT2D eigenvalue weighted by atomic mass is 10.1. The normalized spacial score (nSPS) is 11.3. The number of nitrogens with one attached hydrogen (secondary N) is 2. The molecule has 0 heterocycles. The SMILES string of the molecule is CCN(CC)S(=O)(=O)c1ccc(CNC(=O)c2ccc(CNC(N)=O)cc2)cc1. The molecule has 0 unspecified atom stereocenters. The Hall–Kier alpha value is -2.91. The highest BCUT2D eigenvalue weighted by Crippen LogP contribution is 2.16. The maximum absolute atomic E-state index is 12.5. The van der Waals surface area contributed by atoms with Gasteiger partial charge in [0.25, 0.3) is 5.91 Å². The number of urea groups is 1. The monoisotopic (exact) mass is 418 g/mol. The first-order valence-electron chi connectivity index (χ1n) is 9.27. The Kier molecular flexibility index (Phi) is 7.74. The highest BCUT2D eigenvalue weighted by atomic mass is 32.2. The van der Waals surface area contributed by atoms with Gasteiger partial charge in [0.15, 0.2) is 0 Å². The van der Waals surface area contributed by atoms with Gasteiger partial charge in [-0.1, -0.05) is 38.1 Å². The van der Waals surface area contributed by atoms with Crippen molar-refractivity contribution < 1.29 is 18.0 Å². The fraction of sp³-hybridized carbons (Fsp3) is 0.300. The number of nitrogens with zero attached hydrogens (tertiary/aromatic N) is 1. The molecule has 0 aliphatic heterocycles. The van der Waals surface area contributed by atoms with Crippen molar-refractivity contribution in [3.8, 4) is 0 Å². The zero-order chi connectivity index (χ0) is 21.4. The number of amides is 3. The summed E-state index contributed by atoms with van der Waals surface area (Å²) in [4.78, 5) is 23.2. The summed E-state index contributed by atoms with van der Waals surface area (Å²) in [6.07, 6.45) is 0. The Morgan fingerprint density at radius 3 is 1.83 bits per heavy atom. The summed E-state index contributed by atoms with van der Waals surface area (Å²) >= 11 is 0. The molecule has 0 aliphatic rings. The van der Waals surface area contributed by atoms with Crippen LogP contribution in [0.2, 0.25) is 0 Å². The minimum Gasteiger partial charge on any atom is -0.352 e. The molecule has 2 aromatic carbocycles. The molecule has 9 heteroatoms. The predicted octanol–water partition coefficient (Wildman–Crippen LogP) is 1.82. The van der Waals surface area contributed by atoms with Crippen LogP contribution in [0.15, 0.2) is 53.4 Å². The molecule has 156 valence electrons. The third-order valence-corrected chi connectivity index (χ3v) is 6.47. The molecular weight excluding hydrogens is 392 g/mol. The number of sulfonamides is 1. The van der Waals surface area contributed by atoms with Crippen LogP contribution < -0.4 is 16.4 Å². The largest absolute Gasteiger partial charge is 0.352 e. The van der Waals surface area contributed by atoms with Crippen molar-refractivity contribution in [3.05, 3.63) is 65.2 Å². The van der Waals surface area contributed by atoms with E-state index in [0.29, 0.717) is 25.2 Å². The van der Waals surface area contributed by atoms with Gasteiger partial charge in [-0.3, -0.25) is 4.79 Å². The van der Waals surface area contributed by atoms with Gasteiger partial charge in [0.1, 0.15) is 0 Å². The average molecular weight is 419 g/mol. The van der Waals surface area contributed by atoms with Crippen LogP contribution in [-0.2, 0) is 23.1 Å². The molecule has 0 saturated heterocycles. The second-order valence-electron chi connectivity index (χ2n) is 6.33. The van der Waals surface area contributed by atoms with Gasteiger partial charge in [0.2, 0.25) is 10.0 Å². The maximum Gasteiger partial charge on any atom is 0.312 e. The number of rotatable bonds is 9. The molecule has 0 saturated carbocycles. The fourth-order valence-corrected chi connectivity index (χ4v) is 4.20. The zero-order valence-electron chi connectivity index (χ0n) is 16.5. The number of nitrogens with two attached hydrogens (primary N) is 1. The smallest absolute Gasteiger partial charge is 0.312 e. The van der Waals surface area contributed by atoms with Crippen LogP contribution in [0.1, 0.15) is 35.3 Å². The van der Waals surface area contributed by atoms with Crippen LogP contribution in [0.3, 0.4) is 0 Å². The van der Waals surface area contributed by atoms with Crippen LogP contribution in [0.4, 0.5) is 4.79 Å². The summed E-state index contributed by atoms with van der Waals surface area (Å²) in [5.41, 5.74) is 7.12. The van der Waals surface area contributed by atoms with E-state index in [1.54, 1.807) is 62.4 Å². The molecule has 29 heavy (non-hydrogen) atoms. The average Bonchev–Trinajstić information content (AvgIpc) is 2.72. The first-order valence-corrected chi connectivity index (χ1v) is 10.7. The molecule has 0 spiro atoms. The van der Waals surface area contributed by atoms with E-state index >= 15 is 0 Å². The van der Waals surface area contributed by atoms with E-state index in [0.717, 1.165) is 11.1 Å². The van der Waals surface area contributed by atoms with Gasteiger partial charge < -0.3 is 16.4 Å². The number of hydrogen-bond donors (Lipinski definition) is 3. The zero-order valence-corrected chi connectivity index (χ0v) is 17.3. The van der Waals surface area contributed by atoms with Gasteiger partial charge in [-0.2, -0.15) is 4.31 Å². The Labute approximate surface area is 171 Å². The van der Waals surface area contributed by atoms with Gasteiger partial charge in [0, 0.05) is 31.7 Å². The molecule has 0 atom stereocenters. The molecule has 0 fully saturated rings. The van der Waals surface area contributed by atoms with E-state index in [9.17, 15) is 18.0 Å². The minimum absolute atomic E-state index is 0.233. The van der Waals surface area contributed by atoms with Crippen LogP contribution in [0.5, 0.6) is 0 Å². The second-order valence-corrected chi connectivity index (χ2v) is 8.27. The molecule has 3 amide bonds. The number of carbonyl (C=O) groups is 2. The van der Waals surface area contributed by atoms with Crippen LogP contribution >= 0.6 is 0 Å². The summed E-state index contributed by atoms with van der Waals surface area (Å²) in [6.45, 7) is 4.98. The van der Waals surface area contributed by atoms with Gasteiger partial charge in [-0.25, -0.2) is 13.2 Å². The number of hydrogen-bond acceptors (Lipinski definition) is 4. The molecule has 0 bridgehead atoms. The maximum atomic E-state index is 12.5. The summed E-state index contributed by atoms with van der Waals surface area (Å²) < 4.78 is 26.4. The lowest BCUT2D eigenvalue weighted by Gasteiger charge is -2.18. The first-order chi connectivity index (χ1) is 13.8. The van der Waals surface area contributed by atoms with Crippen molar-refractivity contribution >= 4 is 22.0 Å². The summed E-state index contributed by atoms with van der Waals surface area (Å²) in [6, 6.07) is 12.7. The van der Waals surface area contributed by atoms with E-state index in [1.807, 2.05) is 0 Å². The summed E-state index contributed by atoms with van der Waals surface area (Å²) in [5.74, 6) is -0.251. The van der Waals surface area contributed by atoms with Crippen LogP contribution in [-0.4, -0.2) is 37.8 Å². The molecule has 0 radical (unpaired) electrons. The first kappa shape index (κ1) is 22.4. The van der Waals surface area contributed by atoms with E-state index in [1.165, 1.54) is 4.31 Å². The predicted molar refractivity (Wildman–Crippen MR) is 111 cm³/mol. The van der Waals surface area contributed by atoms with E-state index in [4.69, 9.17) is 5.73 Å². The lowest BCUT2D eigenvalue weighted by molar-refractivity contribution is 0.0951. The number of primary amides is 1. The highest BCUT2D eigenvalue weighted by molar-refractivity contribution is 7.89. The Bertz CT molecular complexity index is 937. The number of carbonyl (C=O) groups excluding carboxylic acids is 2. The van der Waals surface area contributed by atoms with Crippen molar-refractivity contribution in [1.29, 1.82) is 0 Å². The third kappa shape index (κ3) is 6.03. The molecule has 0 aromatic heterocycles. The molecule has 0 aliphatic carbocycles. The van der Waals surface area contributed by atoms with Crippen LogP contribution in [0.25, 0.3) is 0 Å². The van der Waals surface area contributed by atoms with Gasteiger partial charge >= 0.3 is 6.03 Å². The molecular formula is C20H26N4O4S. The lowest BCUT2D eigenvalue weighted by Crippen LogP contribution is -2.30. The Morgan fingerprint density at radius 2 is 1.34 bits per heavy atom. The quantitative estimate of drug-likeness (QED) is 0.575. The van der Waals surface area contributed by atoms with Crippen LogP contribution in [0, 0.1) is 0 Å². The summed E-state index contributed by atoms with van der Waals surface area (Å²) in [5, 5.41) is 5.28. The van der Waals surface area contributed by atoms with Crippen molar-refractivity contribution in [2.24, 2.45) is 5.73 Å². The van der Waals surface area contributed by atoms with Crippen molar-refractivity contribution in [2.45, 2.75) is 31.8 Å². The minimum atomic E-state index is -3.49. The Morgan fingerprint density at radius 1 is 0.862 bits per heavy atom. The van der Waals surface area contributed by atoms with Gasteiger partial charge in [-0.15, -0.1) is 0 Å².